The third-order valence-corrected chi connectivity index (χ3v) is 2.52. The zero-order valence-electron chi connectivity index (χ0n) is 13.5. The summed E-state index contributed by atoms with van der Waals surface area (Å²) in [7, 11) is 0. The molecule has 3 heteroatoms. The Labute approximate surface area is 118 Å². The molecular formula is C16H31NO2. The van der Waals surface area contributed by atoms with Gasteiger partial charge in [-0.05, 0) is 39.5 Å². The normalized spacial score (nSPS) is 13.8. The Morgan fingerprint density at radius 2 is 1.95 bits per heavy atom. The van der Waals surface area contributed by atoms with E-state index in [1.165, 1.54) is 12.8 Å². The van der Waals surface area contributed by atoms with Gasteiger partial charge in [0, 0.05) is 0 Å². The smallest absolute Gasteiger partial charge is 0.408 e. The van der Waals surface area contributed by atoms with E-state index in [0.29, 0.717) is 5.92 Å². The van der Waals surface area contributed by atoms with Crippen molar-refractivity contribution in [3.8, 4) is 0 Å². The SMILES string of the molecule is CCCC/C=C\[C@H](CC(C)C)NC(=O)OC(C)(C)C. The summed E-state index contributed by atoms with van der Waals surface area (Å²) in [4.78, 5) is 11.8. The van der Waals surface area contributed by atoms with Gasteiger partial charge in [-0.3, -0.25) is 0 Å². The fraction of sp³-hybridized carbons (Fsp3) is 0.812. The van der Waals surface area contributed by atoms with Gasteiger partial charge in [0.2, 0.25) is 0 Å². The van der Waals surface area contributed by atoms with Crippen LogP contribution in [0.2, 0.25) is 0 Å². The molecule has 1 atom stereocenters. The molecule has 0 rings (SSSR count). The monoisotopic (exact) mass is 269 g/mol. The van der Waals surface area contributed by atoms with E-state index < -0.39 is 5.60 Å². The highest BCUT2D eigenvalue weighted by molar-refractivity contribution is 5.68. The highest BCUT2D eigenvalue weighted by Gasteiger charge is 2.18. The maximum atomic E-state index is 11.8. The van der Waals surface area contributed by atoms with Crippen LogP contribution in [0.3, 0.4) is 0 Å². The second-order valence-corrected chi connectivity index (χ2v) is 6.45. The summed E-state index contributed by atoms with van der Waals surface area (Å²) in [5.41, 5.74) is -0.446. The van der Waals surface area contributed by atoms with Gasteiger partial charge < -0.3 is 10.1 Å². The van der Waals surface area contributed by atoms with E-state index >= 15 is 0 Å². The first-order valence-electron chi connectivity index (χ1n) is 7.40. The summed E-state index contributed by atoms with van der Waals surface area (Å²) in [6, 6.07) is 0.0618. The predicted molar refractivity (Wildman–Crippen MR) is 81.3 cm³/mol. The molecule has 0 unspecified atom stereocenters. The molecule has 0 bridgehead atoms. The molecular weight excluding hydrogens is 238 g/mol. The van der Waals surface area contributed by atoms with E-state index in [9.17, 15) is 4.79 Å². The molecule has 0 aliphatic carbocycles. The maximum absolute atomic E-state index is 11.8. The Hall–Kier alpha value is -0.990. The number of amides is 1. The number of ether oxygens (including phenoxy) is 1. The van der Waals surface area contributed by atoms with Crippen LogP contribution < -0.4 is 5.32 Å². The molecule has 0 heterocycles. The number of carbonyl (C=O) groups excluding carboxylic acids is 1. The predicted octanol–water partition coefficient (Wildman–Crippen LogP) is 4.67. The summed E-state index contributed by atoms with van der Waals surface area (Å²) in [6.45, 7) is 12.1. The van der Waals surface area contributed by atoms with Crippen molar-refractivity contribution < 1.29 is 9.53 Å². The summed E-state index contributed by atoms with van der Waals surface area (Å²) < 4.78 is 5.29. The number of rotatable bonds is 7. The average Bonchev–Trinajstić information content (AvgIpc) is 2.20. The van der Waals surface area contributed by atoms with E-state index in [-0.39, 0.29) is 12.1 Å². The highest BCUT2D eigenvalue weighted by atomic mass is 16.6. The third kappa shape index (κ3) is 11.8. The fourth-order valence-corrected chi connectivity index (χ4v) is 1.73. The van der Waals surface area contributed by atoms with Crippen molar-refractivity contribution in [1.82, 2.24) is 5.32 Å². The molecule has 0 aromatic rings. The number of nitrogens with one attached hydrogen (secondary N) is 1. The fourth-order valence-electron chi connectivity index (χ4n) is 1.73. The van der Waals surface area contributed by atoms with E-state index in [4.69, 9.17) is 4.74 Å². The Kier molecular flexibility index (Phi) is 8.53. The minimum Gasteiger partial charge on any atom is -0.444 e. The van der Waals surface area contributed by atoms with Crippen LogP contribution in [0.25, 0.3) is 0 Å². The Morgan fingerprint density at radius 1 is 1.32 bits per heavy atom. The zero-order chi connectivity index (χ0) is 14.9. The summed E-state index contributed by atoms with van der Waals surface area (Å²) in [5.74, 6) is 0.538. The lowest BCUT2D eigenvalue weighted by atomic mass is 10.0. The van der Waals surface area contributed by atoms with E-state index in [1.54, 1.807) is 0 Å². The molecule has 0 aliphatic heterocycles. The van der Waals surface area contributed by atoms with Gasteiger partial charge >= 0.3 is 6.09 Å². The van der Waals surface area contributed by atoms with Gasteiger partial charge in [-0.1, -0.05) is 45.8 Å². The van der Waals surface area contributed by atoms with Crippen molar-refractivity contribution in [2.24, 2.45) is 5.92 Å². The van der Waals surface area contributed by atoms with Gasteiger partial charge in [0.05, 0.1) is 6.04 Å². The first-order chi connectivity index (χ1) is 8.74. The van der Waals surface area contributed by atoms with Crippen LogP contribution in [0.5, 0.6) is 0 Å². The second kappa shape index (κ2) is 9.00. The van der Waals surface area contributed by atoms with Crippen molar-refractivity contribution in [1.29, 1.82) is 0 Å². The van der Waals surface area contributed by atoms with E-state index in [0.717, 1.165) is 12.8 Å². The van der Waals surface area contributed by atoms with Gasteiger partial charge in [-0.25, -0.2) is 4.79 Å². The molecule has 0 fully saturated rings. The minimum absolute atomic E-state index is 0.0618. The number of hydrogen-bond donors (Lipinski definition) is 1. The first-order valence-corrected chi connectivity index (χ1v) is 7.40. The van der Waals surface area contributed by atoms with E-state index in [1.807, 2.05) is 20.8 Å². The topological polar surface area (TPSA) is 38.3 Å². The Bertz CT molecular complexity index is 277. The molecule has 19 heavy (non-hydrogen) atoms. The quantitative estimate of drug-likeness (QED) is 0.538. The van der Waals surface area contributed by atoms with Gasteiger partial charge in [0.1, 0.15) is 5.60 Å². The largest absolute Gasteiger partial charge is 0.444 e. The standard InChI is InChI=1S/C16H31NO2/c1-7-8-9-10-11-14(12-13(2)3)17-15(18)19-16(4,5)6/h10-11,13-14H,7-9,12H2,1-6H3,(H,17,18)/b11-10-/t14-/m1/s1. The number of hydrogen-bond acceptors (Lipinski definition) is 2. The second-order valence-electron chi connectivity index (χ2n) is 6.45. The molecule has 0 spiro atoms. The third-order valence-electron chi connectivity index (χ3n) is 2.52. The van der Waals surface area contributed by atoms with Gasteiger partial charge in [-0.15, -0.1) is 0 Å². The lowest BCUT2D eigenvalue weighted by molar-refractivity contribution is 0.0510. The van der Waals surface area contributed by atoms with Crippen LogP contribution >= 0.6 is 0 Å². The lowest BCUT2D eigenvalue weighted by Gasteiger charge is -2.23. The minimum atomic E-state index is -0.446. The van der Waals surface area contributed by atoms with Crippen molar-refractivity contribution in [3.05, 3.63) is 12.2 Å². The molecule has 0 saturated heterocycles. The Morgan fingerprint density at radius 3 is 2.42 bits per heavy atom. The molecule has 0 radical (unpaired) electrons. The first kappa shape index (κ1) is 18.0. The Balaban J connectivity index is 4.34. The van der Waals surface area contributed by atoms with Gasteiger partial charge in [-0.2, -0.15) is 0 Å². The van der Waals surface area contributed by atoms with Crippen molar-refractivity contribution in [2.45, 2.75) is 78.9 Å². The van der Waals surface area contributed by atoms with E-state index in [2.05, 4.69) is 38.2 Å². The molecule has 1 N–H and O–H groups in total. The van der Waals surface area contributed by atoms with Crippen LogP contribution in [0.15, 0.2) is 12.2 Å². The molecule has 112 valence electrons. The molecule has 3 nitrogen and oxygen atoms in total. The van der Waals surface area contributed by atoms with Crippen LogP contribution in [0, 0.1) is 5.92 Å². The highest BCUT2D eigenvalue weighted by Crippen LogP contribution is 2.10. The van der Waals surface area contributed by atoms with Crippen molar-refractivity contribution >= 4 is 6.09 Å². The van der Waals surface area contributed by atoms with Crippen LogP contribution in [-0.4, -0.2) is 17.7 Å². The van der Waals surface area contributed by atoms with Crippen LogP contribution in [0.4, 0.5) is 4.79 Å². The molecule has 1 amide bonds. The van der Waals surface area contributed by atoms with Gasteiger partial charge in [0.25, 0.3) is 0 Å². The van der Waals surface area contributed by atoms with Crippen LogP contribution in [0.1, 0.15) is 67.2 Å². The average molecular weight is 269 g/mol. The molecule has 0 saturated carbocycles. The zero-order valence-corrected chi connectivity index (χ0v) is 13.5. The molecule has 0 aromatic carbocycles. The van der Waals surface area contributed by atoms with Crippen molar-refractivity contribution in [3.63, 3.8) is 0 Å². The summed E-state index contributed by atoms with van der Waals surface area (Å²) >= 11 is 0. The van der Waals surface area contributed by atoms with Crippen molar-refractivity contribution in [2.75, 3.05) is 0 Å². The maximum Gasteiger partial charge on any atom is 0.408 e. The summed E-state index contributed by atoms with van der Waals surface area (Å²) in [5, 5.41) is 2.93. The molecule has 0 aromatic heterocycles. The molecule has 0 aliphatic rings. The lowest BCUT2D eigenvalue weighted by Crippen LogP contribution is -2.38. The number of allylic oxidation sites excluding steroid dienone is 1. The number of alkyl carbamates (subject to hydrolysis) is 1. The van der Waals surface area contributed by atoms with Crippen LogP contribution in [-0.2, 0) is 4.74 Å². The number of unbranched alkanes of at least 4 members (excludes halogenated alkanes) is 2. The number of carbonyl (C=O) groups is 1. The summed E-state index contributed by atoms with van der Waals surface area (Å²) in [6.07, 6.45) is 8.31. The van der Waals surface area contributed by atoms with Gasteiger partial charge in [0.15, 0.2) is 0 Å².